The van der Waals surface area contributed by atoms with E-state index in [1.807, 2.05) is 6.26 Å². The van der Waals surface area contributed by atoms with Crippen molar-refractivity contribution in [2.75, 3.05) is 6.61 Å². The molecule has 1 aliphatic carbocycles. The SMILES string of the molecule is CC1=[C-]C(C)(C)C(C)=C1C.CCCCOC=Cc1cccc2[cH-]c(C)cc12.[Cl-].[Cl-].[Zr+4]. The number of halogens is 2. The Balaban J connectivity index is 0. The van der Waals surface area contributed by atoms with Crippen LogP contribution < -0.4 is 24.8 Å². The smallest absolute Gasteiger partial charge is 1.00 e. The zero-order chi connectivity index (χ0) is 20.0. The molecule has 1 aliphatic rings. The van der Waals surface area contributed by atoms with Crippen LogP contribution in [0.3, 0.4) is 0 Å². The summed E-state index contributed by atoms with van der Waals surface area (Å²) in [6.07, 6.45) is 9.59. The number of hydrogen-bond donors (Lipinski definition) is 0. The van der Waals surface area contributed by atoms with Gasteiger partial charge in [0.25, 0.3) is 0 Å². The number of allylic oxidation sites excluding steroid dienone is 4. The predicted octanol–water partition coefficient (Wildman–Crippen LogP) is 1.77. The van der Waals surface area contributed by atoms with Gasteiger partial charge in [-0.3, -0.25) is 6.08 Å². The molecule has 0 N–H and O–H groups in total. The van der Waals surface area contributed by atoms with Crippen molar-refractivity contribution in [2.45, 2.75) is 61.3 Å². The second-order valence-electron chi connectivity index (χ2n) is 8.03. The van der Waals surface area contributed by atoms with Crippen LogP contribution in [-0.4, -0.2) is 6.61 Å². The van der Waals surface area contributed by atoms with Crippen LogP contribution in [0.5, 0.6) is 0 Å². The van der Waals surface area contributed by atoms with E-state index >= 15 is 0 Å². The van der Waals surface area contributed by atoms with Gasteiger partial charge < -0.3 is 29.6 Å². The number of benzene rings is 1. The number of ether oxygens (including phenoxy) is 1. The van der Waals surface area contributed by atoms with Gasteiger partial charge in [0.2, 0.25) is 0 Å². The molecule has 30 heavy (non-hydrogen) atoms. The van der Waals surface area contributed by atoms with E-state index in [1.165, 1.54) is 45.0 Å². The normalized spacial score (nSPS) is 14.3. The number of aryl methyl sites for hydroxylation is 1. The third kappa shape index (κ3) is 8.45. The van der Waals surface area contributed by atoms with Gasteiger partial charge in [0.15, 0.2) is 0 Å². The minimum absolute atomic E-state index is 0. The summed E-state index contributed by atoms with van der Waals surface area (Å²) in [4.78, 5) is 0. The molecule has 1 nitrogen and oxygen atoms in total. The van der Waals surface area contributed by atoms with Crippen LogP contribution in [-0.2, 0) is 30.9 Å². The van der Waals surface area contributed by atoms with Crippen LogP contribution >= 0.6 is 0 Å². The van der Waals surface area contributed by atoms with Crippen molar-refractivity contribution in [3.05, 3.63) is 70.5 Å². The predicted molar refractivity (Wildman–Crippen MR) is 119 cm³/mol. The van der Waals surface area contributed by atoms with Crippen LogP contribution in [0.15, 0.2) is 53.3 Å². The Morgan fingerprint density at radius 1 is 1.10 bits per heavy atom. The summed E-state index contributed by atoms with van der Waals surface area (Å²) in [6, 6.07) is 10.8. The van der Waals surface area contributed by atoms with Crippen LogP contribution in [0, 0.1) is 18.4 Å². The first-order chi connectivity index (χ1) is 12.8. The summed E-state index contributed by atoms with van der Waals surface area (Å²) in [5, 5.41) is 2.61. The van der Waals surface area contributed by atoms with Crippen molar-refractivity contribution in [1.82, 2.24) is 0 Å². The molecule has 162 valence electrons. The van der Waals surface area contributed by atoms with Crippen molar-refractivity contribution < 1.29 is 55.8 Å². The Labute approximate surface area is 215 Å². The molecule has 0 unspecified atom stereocenters. The minimum Gasteiger partial charge on any atom is -1.00 e. The Hall–Kier alpha value is -0.687. The molecule has 2 aromatic carbocycles. The molecule has 0 atom stereocenters. The molecule has 4 heteroatoms. The molecule has 0 aromatic heterocycles. The molecule has 0 saturated heterocycles. The van der Waals surface area contributed by atoms with Crippen molar-refractivity contribution >= 4 is 16.8 Å². The molecular weight excluding hydrogens is 490 g/mol. The zero-order valence-corrected chi connectivity index (χ0v) is 23.3. The first-order valence-corrected chi connectivity index (χ1v) is 10.0. The molecule has 0 spiro atoms. The maximum atomic E-state index is 5.45. The molecular formula is C26H34Cl2OZr. The number of hydrogen-bond acceptors (Lipinski definition) is 1. The molecule has 0 saturated carbocycles. The molecule has 0 radical (unpaired) electrons. The van der Waals surface area contributed by atoms with Gasteiger partial charge in [0.05, 0.1) is 12.9 Å². The third-order valence-corrected chi connectivity index (χ3v) is 5.45. The summed E-state index contributed by atoms with van der Waals surface area (Å²) in [5.41, 5.74) is 6.94. The van der Waals surface area contributed by atoms with Gasteiger partial charge in [-0.15, -0.1) is 41.5 Å². The number of rotatable bonds is 5. The maximum absolute atomic E-state index is 5.45. The minimum atomic E-state index is 0. The molecule has 0 aliphatic heterocycles. The summed E-state index contributed by atoms with van der Waals surface area (Å²) in [6.45, 7) is 16.0. The van der Waals surface area contributed by atoms with Crippen molar-refractivity contribution in [1.29, 1.82) is 0 Å². The second kappa shape index (κ2) is 14.4. The fraction of sp³-hybridized carbons (Fsp3) is 0.423. The average molecular weight is 525 g/mol. The fourth-order valence-corrected chi connectivity index (χ4v) is 3.38. The summed E-state index contributed by atoms with van der Waals surface area (Å²) < 4.78 is 5.45. The summed E-state index contributed by atoms with van der Waals surface area (Å²) in [7, 11) is 0. The second-order valence-corrected chi connectivity index (χ2v) is 8.03. The van der Waals surface area contributed by atoms with E-state index in [4.69, 9.17) is 4.74 Å². The monoisotopic (exact) mass is 522 g/mol. The number of fused-ring (bicyclic) bond motifs is 1. The largest absolute Gasteiger partial charge is 4.00 e. The molecule has 2 aromatic rings. The van der Waals surface area contributed by atoms with Gasteiger partial charge in [0.1, 0.15) is 0 Å². The Morgan fingerprint density at radius 3 is 2.27 bits per heavy atom. The topological polar surface area (TPSA) is 9.23 Å². The summed E-state index contributed by atoms with van der Waals surface area (Å²) >= 11 is 0. The fourth-order valence-electron chi connectivity index (χ4n) is 3.38. The van der Waals surface area contributed by atoms with E-state index in [0.29, 0.717) is 0 Å². The quantitative estimate of drug-likeness (QED) is 0.329. The van der Waals surface area contributed by atoms with Crippen LogP contribution in [0.4, 0.5) is 0 Å². The zero-order valence-electron chi connectivity index (χ0n) is 19.3. The molecule has 0 fully saturated rings. The van der Waals surface area contributed by atoms with E-state index in [0.717, 1.165) is 13.0 Å². The summed E-state index contributed by atoms with van der Waals surface area (Å²) in [5.74, 6) is 0. The van der Waals surface area contributed by atoms with Gasteiger partial charge in [-0.1, -0.05) is 65.0 Å². The van der Waals surface area contributed by atoms with Crippen LogP contribution in [0.1, 0.15) is 65.5 Å². The van der Waals surface area contributed by atoms with Crippen molar-refractivity contribution in [3.8, 4) is 0 Å². The van der Waals surface area contributed by atoms with Crippen LogP contribution in [0.2, 0.25) is 0 Å². The van der Waals surface area contributed by atoms with Crippen molar-refractivity contribution in [3.63, 3.8) is 0 Å². The Bertz CT molecular complexity index is 872. The Kier molecular flexibility index (Phi) is 15.1. The van der Waals surface area contributed by atoms with Crippen LogP contribution in [0.25, 0.3) is 16.8 Å². The average Bonchev–Trinajstić information content (AvgIpc) is 3.08. The van der Waals surface area contributed by atoms with Crippen molar-refractivity contribution in [2.24, 2.45) is 5.41 Å². The standard InChI is InChI=1S/C16H19O.C10H15.2ClH.Zr/c1-3-4-9-17-10-8-14-6-5-7-15-11-13(2)12-16(14)15;1-7-6-10(4,5)9(3)8(7)2;;;/h5-8,10-12H,3-4,9H2,1-2H3;1-5H3;2*1H;/q2*-1;;;+4/p-2. The van der Waals surface area contributed by atoms with Gasteiger partial charge in [-0.2, -0.15) is 17.2 Å². The van der Waals surface area contributed by atoms with E-state index < -0.39 is 0 Å². The molecule has 0 heterocycles. The first-order valence-electron chi connectivity index (χ1n) is 10.0. The molecule has 3 rings (SSSR count). The van der Waals surface area contributed by atoms with E-state index in [9.17, 15) is 0 Å². The number of unbranched alkanes of at least 4 members (excludes halogenated alkanes) is 1. The molecule has 0 bridgehead atoms. The van der Waals surface area contributed by atoms with Gasteiger partial charge in [0, 0.05) is 0 Å². The van der Waals surface area contributed by atoms with Gasteiger partial charge in [-0.05, 0) is 12.5 Å². The van der Waals surface area contributed by atoms with E-state index in [-0.39, 0.29) is 56.4 Å². The van der Waals surface area contributed by atoms with E-state index in [1.54, 1.807) is 0 Å². The molecule has 0 amide bonds. The maximum Gasteiger partial charge on any atom is 4.00 e. The van der Waals surface area contributed by atoms with E-state index in [2.05, 4.69) is 91.0 Å². The first kappa shape index (κ1) is 31.5. The Morgan fingerprint density at radius 2 is 1.77 bits per heavy atom. The van der Waals surface area contributed by atoms with Gasteiger partial charge in [-0.25, -0.2) is 5.57 Å². The third-order valence-electron chi connectivity index (χ3n) is 5.45. The van der Waals surface area contributed by atoms with Gasteiger partial charge >= 0.3 is 26.2 Å².